The van der Waals surface area contributed by atoms with E-state index in [1.165, 1.54) is 29.7 Å². The van der Waals surface area contributed by atoms with Gasteiger partial charge in [-0.1, -0.05) is 0 Å². The molecule has 0 radical (unpaired) electrons. The van der Waals surface area contributed by atoms with Gasteiger partial charge in [-0.05, 0) is 36.4 Å². The van der Waals surface area contributed by atoms with Gasteiger partial charge in [0.15, 0.2) is 6.61 Å². The van der Waals surface area contributed by atoms with Crippen LogP contribution in [0.25, 0.3) is 0 Å². The molecule has 0 unspecified atom stereocenters. The second-order valence-corrected chi connectivity index (χ2v) is 7.25. The van der Waals surface area contributed by atoms with Gasteiger partial charge in [0.05, 0.1) is 12.8 Å². The summed E-state index contributed by atoms with van der Waals surface area (Å²) in [5.74, 6) is -0.739. The highest BCUT2D eigenvalue weighted by Gasteiger charge is 2.31. The minimum atomic E-state index is -4.79. The molecule has 0 fully saturated rings. The molecule has 0 spiro atoms. The maximum absolute atomic E-state index is 12.1. The summed E-state index contributed by atoms with van der Waals surface area (Å²) in [5.41, 5.74) is 5.48. The predicted octanol–water partition coefficient (Wildman–Crippen LogP) is 3.02. The van der Waals surface area contributed by atoms with Crippen LogP contribution in [0.5, 0.6) is 11.5 Å². The van der Waals surface area contributed by atoms with E-state index in [2.05, 4.69) is 15.0 Å². The van der Waals surface area contributed by atoms with Crippen molar-refractivity contribution in [2.75, 3.05) is 6.61 Å². The lowest BCUT2D eigenvalue weighted by atomic mass is 10.2. The minimum absolute atomic E-state index is 0.0453. The first-order valence-corrected chi connectivity index (χ1v) is 9.57. The van der Waals surface area contributed by atoms with E-state index < -0.39 is 23.9 Å². The molecule has 164 valence electrons. The number of benzene rings is 1. The van der Waals surface area contributed by atoms with Crippen molar-refractivity contribution in [2.24, 2.45) is 5.73 Å². The lowest BCUT2D eigenvalue weighted by Crippen LogP contribution is -2.28. The fourth-order valence-electron chi connectivity index (χ4n) is 2.47. The molecule has 8 nitrogen and oxygen atoms in total. The Kier molecular flexibility index (Phi) is 6.80. The van der Waals surface area contributed by atoms with E-state index in [-0.39, 0.29) is 24.6 Å². The summed E-state index contributed by atoms with van der Waals surface area (Å²) >= 11 is 1.22. The van der Waals surface area contributed by atoms with Crippen LogP contribution in [0.1, 0.15) is 26.1 Å². The summed E-state index contributed by atoms with van der Waals surface area (Å²) in [7, 11) is 0. The number of nitrogens with one attached hydrogen (secondary N) is 1. The van der Waals surface area contributed by atoms with Crippen molar-refractivity contribution in [3.63, 3.8) is 0 Å². The Morgan fingerprint density at radius 3 is 2.48 bits per heavy atom. The van der Waals surface area contributed by atoms with Gasteiger partial charge in [-0.25, -0.2) is 4.98 Å². The van der Waals surface area contributed by atoms with Crippen molar-refractivity contribution < 1.29 is 36.7 Å². The molecule has 0 bridgehead atoms. The van der Waals surface area contributed by atoms with Gasteiger partial charge in [-0.2, -0.15) is 0 Å². The van der Waals surface area contributed by atoms with Gasteiger partial charge in [-0.3, -0.25) is 9.59 Å². The van der Waals surface area contributed by atoms with E-state index in [4.69, 9.17) is 14.9 Å². The number of ether oxygens (including phenoxy) is 2. The van der Waals surface area contributed by atoms with Crippen molar-refractivity contribution in [3.05, 3.63) is 64.0 Å². The molecule has 2 aromatic heterocycles. The molecule has 1 aromatic carbocycles. The van der Waals surface area contributed by atoms with E-state index in [0.29, 0.717) is 22.1 Å². The van der Waals surface area contributed by atoms with E-state index in [1.54, 1.807) is 12.1 Å². The van der Waals surface area contributed by atoms with Gasteiger partial charge in [0, 0.05) is 11.3 Å². The van der Waals surface area contributed by atoms with E-state index in [9.17, 15) is 22.8 Å². The number of furan rings is 1. The van der Waals surface area contributed by atoms with Gasteiger partial charge >= 0.3 is 6.36 Å². The van der Waals surface area contributed by atoms with Crippen LogP contribution in [-0.4, -0.2) is 29.8 Å². The number of nitrogens with zero attached hydrogens (tertiary/aromatic N) is 1. The Balaban J connectivity index is 1.51. The third kappa shape index (κ3) is 6.74. The molecular formula is C19H16F3N3O5S. The topological polar surface area (TPSA) is 117 Å². The maximum Gasteiger partial charge on any atom is 0.573 e. The van der Waals surface area contributed by atoms with E-state index in [1.807, 2.05) is 0 Å². The van der Waals surface area contributed by atoms with Crippen LogP contribution < -0.4 is 20.5 Å². The molecule has 0 saturated heterocycles. The Morgan fingerprint density at radius 1 is 1.16 bits per heavy atom. The SMILES string of the molecule is NC(=O)c1nc(CNC(=O)COc2ccc(OC(F)(F)F)cc2)sc1Cc1ccco1. The number of hydrogen-bond donors (Lipinski definition) is 2. The second kappa shape index (κ2) is 9.51. The Bertz CT molecular complexity index is 1030. The summed E-state index contributed by atoms with van der Waals surface area (Å²) in [6.45, 7) is -0.323. The Hall–Kier alpha value is -3.54. The number of carbonyl (C=O) groups excluding carboxylic acids is 2. The molecule has 12 heteroatoms. The number of primary amides is 1. The molecule has 0 saturated carbocycles. The first kappa shape index (κ1) is 22.2. The molecule has 0 aliphatic heterocycles. The summed E-state index contributed by atoms with van der Waals surface area (Å²) in [5, 5.41) is 3.05. The zero-order valence-electron chi connectivity index (χ0n) is 15.8. The molecule has 3 aromatic rings. The summed E-state index contributed by atoms with van der Waals surface area (Å²) in [6, 6.07) is 8.11. The van der Waals surface area contributed by atoms with Gasteiger partial charge in [0.1, 0.15) is 28.0 Å². The highest BCUT2D eigenvalue weighted by molar-refractivity contribution is 7.12. The molecule has 31 heavy (non-hydrogen) atoms. The Morgan fingerprint density at radius 2 is 1.87 bits per heavy atom. The van der Waals surface area contributed by atoms with Gasteiger partial charge in [0.25, 0.3) is 11.8 Å². The molecule has 0 aliphatic carbocycles. The number of thiazole rings is 1. The second-order valence-electron chi connectivity index (χ2n) is 6.08. The van der Waals surface area contributed by atoms with Crippen molar-refractivity contribution in [3.8, 4) is 11.5 Å². The molecule has 0 atom stereocenters. The molecular weight excluding hydrogens is 439 g/mol. The van der Waals surface area contributed by atoms with E-state index in [0.717, 1.165) is 12.1 Å². The highest BCUT2D eigenvalue weighted by Crippen LogP contribution is 2.25. The quantitative estimate of drug-likeness (QED) is 0.512. The lowest BCUT2D eigenvalue weighted by Gasteiger charge is -2.10. The summed E-state index contributed by atoms with van der Waals surface area (Å²) < 4.78 is 50.7. The fourth-order valence-corrected chi connectivity index (χ4v) is 3.49. The van der Waals surface area contributed by atoms with Gasteiger partial charge in [-0.15, -0.1) is 24.5 Å². The standard InChI is InChI=1S/C19H16F3N3O5S/c20-19(21,22)30-12-5-3-11(4-6-12)29-10-15(26)24-9-16-25-17(18(23)27)14(31-16)8-13-2-1-7-28-13/h1-7H,8-10H2,(H2,23,27)(H,24,26). The van der Waals surface area contributed by atoms with Gasteiger partial charge in [0.2, 0.25) is 0 Å². The van der Waals surface area contributed by atoms with Crippen LogP contribution in [0, 0.1) is 0 Å². The summed E-state index contributed by atoms with van der Waals surface area (Å²) in [6.07, 6.45) is -2.93. The number of hydrogen-bond acceptors (Lipinski definition) is 7. The number of halogens is 3. The largest absolute Gasteiger partial charge is 0.573 e. The Labute approximate surface area is 177 Å². The molecule has 3 N–H and O–H groups in total. The maximum atomic E-state index is 12.1. The molecule has 2 amide bonds. The van der Waals surface area contributed by atoms with Crippen LogP contribution in [-0.2, 0) is 17.8 Å². The molecule has 0 aliphatic rings. The van der Waals surface area contributed by atoms with Crippen LogP contribution in [0.4, 0.5) is 13.2 Å². The number of nitrogens with two attached hydrogens (primary N) is 1. The fraction of sp³-hybridized carbons (Fsp3) is 0.211. The number of rotatable bonds is 9. The lowest BCUT2D eigenvalue weighted by molar-refractivity contribution is -0.274. The van der Waals surface area contributed by atoms with Crippen LogP contribution in [0.3, 0.4) is 0 Å². The summed E-state index contributed by atoms with van der Waals surface area (Å²) in [4.78, 5) is 28.4. The normalized spacial score (nSPS) is 11.2. The third-order valence-electron chi connectivity index (χ3n) is 3.75. The predicted molar refractivity (Wildman–Crippen MR) is 103 cm³/mol. The average molecular weight is 455 g/mol. The van der Waals surface area contributed by atoms with Crippen molar-refractivity contribution in [1.82, 2.24) is 10.3 Å². The van der Waals surface area contributed by atoms with Crippen LogP contribution >= 0.6 is 11.3 Å². The first-order chi connectivity index (χ1) is 14.7. The average Bonchev–Trinajstić information content (AvgIpc) is 3.35. The van der Waals surface area contributed by atoms with Crippen molar-refractivity contribution >= 4 is 23.2 Å². The third-order valence-corrected chi connectivity index (χ3v) is 4.81. The monoisotopic (exact) mass is 455 g/mol. The number of carbonyl (C=O) groups is 2. The van der Waals surface area contributed by atoms with Crippen molar-refractivity contribution in [2.45, 2.75) is 19.3 Å². The molecule has 2 heterocycles. The number of amides is 2. The zero-order valence-corrected chi connectivity index (χ0v) is 16.6. The van der Waals surface area contributed by atoms with Crippen LogP contribution in [0.2, 0.25) is 0 Å². The number of aromatic nitrogens is 1. The van der Waals surface area contributed by atoms with Crippen LogP contribution in [0.15, 0.2) is 47.1 Å². The smallest absolute Gasteiger partial charge is 0.484 e. The van der Waals surface area contributed by atoms with E-state index >= 15 is 0 Å². The zero-order chi connectivity index (χ0) is 22.4. The molecule has 3 rings (SSSR count). The highest BCUT2D eigenvalue weighted by atomic mass is 32.1. The van der Waals surface area contributed by atoms with Gasteiger partial charge < -0.3 is 24.9 Å². The minimum Gasteiger partial charge on any atom is -0.484 e. The number of alkyl halides is 3. The van der Waals surface area contributed by atoms with Crippen molar-refractivity contribution in [1.29, 1.82) is 0 Å². The first-order valence-electron chi connectivity index (χ1n) is 8.75.